The zero-order valence-corrected chi connectivity index (χ0v) is 25.7. The number of thiol groups is 1. The second kappa shape index (κ2) is 11.2. The minimum absolute atomic E-state index is 0.0268. The van der Waals surface area contributed by atoms with Gasteiger partial charge in [-0.2, -0.15) is 4.98 Å². The monoisotopic (exact) mass is 711 g/mol. The number of nitrogen functional groups attached to an aromatic ring is 1. The molecule has 4 aromatic rings. The van der Waals surface area contributed by atoms with Gasteiger partial charge in [0.25, 0.3) is 11.1 Å². The van der Waals surface area contributed by atoms with Gasteiger partial charge in [0.2, 0.25) is 5.95 Å². The average Bonchev–Trinajstić information content (AvgIpc) is 3.72. The lowest BCUT2D eigenvalue weighted by atomic mass is 10.1. The van der Waals surface area contributed by atoms with Crippen LogP contribution >= 0.6 is 25.8 Å². The van der Waals surface area contributed by atoms with Crippen LogP contribution in [0.2, 0.25) is 0 Å². The highest BCUT2D eigenvalue weighted by atomic mass is 32.7. The van der Waals surface area contributed by atoms with E-state index in [1.165, 1.54) is 0 Å². The van der Waals surface area contributed by atoms with Crippen molar-refractivity contribution in [1.82, 2.24) is 39.0 Å². The Morgan fingerprint density at radius 1 is 0.956 bits per heavy atom. The number of nitrogens with zero attached hydrogens (tertiary/aromatic N) is 6. The highest BCUT2D eigenvalue weighted by Gasteiger charge is 2.54. The predicted molar refractivity (Wildman–Crippen MR) is 153 cm³/mol. The zero-order valence-electron chi connectivity index (χ0n) is 22.2. The Kier molecular flexibility index (Phi) is 7.72. The van der Waals surface area contributed by atoms with Gasteiger partial charge >= 0.3 is 13.5 Å². The average molecular weight is 712 g/mol. The summed E-state index contributed by atoms with van der Waals surface area (Å²) in [4.78, 5) is 55.9. The number of halogens is 2. The molecule has 0 spiro atoms. The molecule has 19 nitrogen and oxygen atoms in total. The molecule has 7 rings (SSSR count). The quantitative estimate of drug-likeness (QED) is 0.139. The summed E-state index contributed by atoms with van der Waals surface area (Å²) in [6.45, 7) is -10.3. The summed E-state index contributed by atoms with van der Waals surface area (Å²) < 4.78 is 80.6. The number of nitrogens with two attached hydrogens (primary N) is 1. The van der Waals surface area contributed by atoms with Crippen molar-refractivity contribution < 1.29 is 45.8 Å². The third-order valence-electron chi connectivity index (χ3n) is 7.21. The first kappa shape index (κ1) is 30.9. The minimum atomic E-state index is -4.48. The van der Waals surface area contributed by atoms with Gasteiger partial charge in [0, 0.05) is 0 Å². The molecular weight excluding hydrogens is 690 g/mol. The Balaban J connectivity index is 1.21. The predicted octanol–water partition coefficient (Wildman–Crippen LogP) is 0.378. The maximum Gasteiger partial charge on any atom is 0.386 e. The molecule has 0 aromatic carbocycles. The summed E-state index contributed by atoms with van der Waals surface area (Å²) in [5.41, 5.74) is 4.00. The number of imidazole rings is 2. The van der Waals surface area contributed by atoms with Crippen LogP contribution in [0.3, 0.4) is 0 Å². The van der Waals surface area contributed by atoms with Crippen LogP contribution in [0.1, 0.15) is 12.5 Å². The molecule has 25 heteroatoms. The van der Waals surface area contributed by atoms with Crippen molar-refractivity contribution in [3.05, 3.63) is 39.7 Å². The fraction of sp³-hybridized carbons (Fsp3) is 0.500. The fourth-order valence-corrected chi connectivity index (χ4v) is 8.11. The Hall–Kier alpha value is -2.69. The topological polar surface area (TPSA) is 246 Å². The van der Waals surface area contributed by atoms with Gasteiger partial charge in [0.1, 0.15) is 24.4 Å². The zero-order chi connectivity index (χ0) is 31.8. The molecule has 7 heterocycles. The van der Waals surface area contributed by atoms with Crippen molar-refractivity contribution in [3.63, 3.8) is 0 Å². The van der Waals surface area contributed by atoms with Gasteiger partial charge in [0.15, 0.2) is 47.1 Å². The van der Waals surface area contributed by atoms with Crippen molar-refractivity contribution in [2.24, 2.45) is 0 Å². The number of hydrogen-bond donors (Lipinski definition) is 5. The highest BCUT2D eigenvalue weighted by Crippen LogP contribution is 2.58. The fourth-order valence-electron chi connectivity index (χ4n) is 5.23. The van der Waals surface area contributed by atoms with Crippen LogP contribution in [0.5, 0.6) is 0 Å². The third-order valence-corrected chi connectivity index (χ3v) is 10.4. The van der Waals surface area contributed by atoms with E-state index in [9.17, 15) is 19.0 Å². The lowest BCUT2D eigenvalue weighted by Crippen LogP contribution is -2.34. The van der Waals surface area contributed by atoms with Crippen LogP contribution in [0.25, 0.3) is 22.3 Å². The summed E-state index contributed by atoms with van der Waals surface area (Å²) in [7, 11) is 0. The van der Waals surface area contributed by atoms with Crippen LogP contribution in [0, 0.1) is 0 Å². The molecule has 3 aliphatic rings. The molecule has 45 heavy (non-hydrogen) atoms. The summed E-state index contributed by atoms with van der Waals surface area (Å²) in [5, 5.41) is 0. The van der Waals surface area contributed by atoms with E-state index in [2.05, 4.69) is 42.2 Å². The maximum absolute atomic E-state index is 15.9. The second-order valence-electron chi connectivity index (χ2n) is 10.0. The molecule has 0 saturated carbocycles. The van der Waals surface area contributed by atoms with Gasteiger partial charge in [0.05, 0.1) is 32.2 Å². The molecule has 5 N–H and O–H groups in total. The van der Waals surface area contributed by atoms with E-state index in [1.807, 2.05) is 0 Å². The summed E-state index contributed by atoms with van der Waals surface area (Å²) in [6.07, 6.45) is -10.3. The van der Waals surface area contributed by atoms with Crippen molar-refractivity contribution in [2.75, 3.05) is 18.9 Å². The van der Waals surface area contributed by atoms with E-state index in [-0.39, 0.29) is 28.3 Å². The summed E-state index contributed by atoms with van der Waals surface area (Å²) in [6, 6.07) is 0. The first-order chi connectivity index (χ1) is 21.3. The maximum atomic E-state index is 15.9. The Labute approximate surface area is 258 Å². The van der Waals surface area contributed by atoms with E-state index in [1.54, 1.807) is 0 Å². The van der Waals surface area contributed by atoms with Gasteiger partial charge in [-0.25, -0.2) is 28.3 Å². The van der Waals surface area contributed by atoms with Crippen LogP contribution < -0.4 is 16.9 Å². The second-order valence-corrected chi connectivity index (χ2v) is 15.7. The Bertz CT molecular complexity index is 2010. The highest BCUT2D eigenvalue weighted by molar-refractivity contribution is 8.44. The van der Waals surface area contributed by atoms with Crippen LogP contribution in [0.15, 0.2) is 28.6 Å². The molecule has 4 aromatic heterocycles. The van der Waals surface area contributed by atoms with E-state index in [4.69, 9.17) is 45.1 Å². The third kappa shape index (κ3) is 5.54. The summed E-state index contributed by atoms with van der Waals surface area (Å²) in [5.74, 6) is -0.269. The molecule has 0 aliphatic carbocycles. The number of nitrogens with one attached hydrogen (secondary N) is 2. The molecule has 0 amide bonds. The standard InChI is InChI=1S/C20H21F2N9O10P2S2/c21-8-6-1-36-42(34,44)40-12-7(39-18(9(12)22)30-4-26-10-14(30)24-3-25-16(10)32)2-37-43(35,45)41-13(8)19(38-6)31-5-27-11-15(31)28-20(23)29-17(11)33/h3-9,12-13,18-19H,1-2H2,(H,34,44)(H,35,45)(H,24,25,32)(H3,23,28,29,33)/t6-,7-,8+,9+,12-,13-,18-,19-,42?,43?/m1/s1. The van der Waals surface area contributed by atoms with E-state index < -0.39 is 87.1 Å². The molecule has 10 atom stereocenters. The number of H-pyrrole nitrogens is 2. The van der Waals surface area contributed by atoms with Crippen LogP contribution in [-0.4, -0.2) is 93.9 Å². The molecule has 2 bridgehead atoms. The number of ether oxygens (including phenoxy) is 2. The Morgan fingerprint density at radius 2 is 1.62 bits per heavy atom. The lowest BCUT2D eigenvalue weighted by molar-refractivity contribution is -0.0584. The largest absolute Gasteiger partial charge is 0.386 e. The number of alkyl halides is 2. The molecule has 2 unspecified atom stereocenters. The number of aromatic nitrogens is 8. The van der Waals surface area contributed by atoms with E-state index in [0.717, 1.165) is 28.1 Å². The molecule has 242 valence electrons. The van der Waals surface area contributed by atoms with Gasteiger partial charge < -0.3 is 29.6 Å². The van der Waals surface area contributed by atoms with Crippen molar-refractivity contribution in [1.29, 1.82) is 0 Å². The number of hydrogen-bond acceptors (Lipinski definition) is 15. The van der Waals surface area contributed by atoms with E-state index in [0.29, 0.717) is 0 Å². The van der Waals surface area contributed by atoms with Gasteiger partial charge in [-0.05, 0) is 11.8 Å². The van der Waals surface area contributed by atoms with Gasteiger partial charge in [-0.15, -0.1) is 0 Å². The lowest BCUT2D eigenvalue weighted by Gasteiger charge is -2.27. The van der Waals surface area contributed by atoms with Crippen LogP contribution in [-0.2, 0) is 43.9 Å². The molecule has 0 radical (unpaired) electrons. The number of fused-ring (bicyclic) bond motifs is 5. The van der Waals surface area contributed by atoms with E-state index >= 15 is 8.78 Å². The molecule has 3 fully saturated rings. The van der Waals surface area contributed by atoms with Gasteiger partial charge in [-0.1, -0.05) is 12.2 Å². The number of rotatable bonds is 2. The van der Waals surface area contributed by atoms with Crippen molar-refractivity contribution >= 4 is 65.8 Å². The van der Waals surface area contributed by atoms with Crippen molar-refractivity contribution in [3.8, 4) is 0 Å². The first-order valence-corrected chi connectivity index (χ1v) is 18.1. The number of anilines is 1. The molecular formula is C20H21F2N9O10P2S2. The normalized spacial score (nSPS) is 37.7. The minimum Gasteiger partial charge on any atom is -0.369 e. The van der Waals surface area contributed by atoms with Crippen LogP contribution in [0.4, 0.5) is 14.7 Å². The summed E-state index contributed by atoms with van der Waals surface area (Å²) >= 11 is 9.08. The SMILES string of the molecule is Nc1nc2c(ncn2[C@@H]2O[C@@H]3COP(=O)(S)O[C@H]4[C@H](F)[C@H](n5cnc6c(=O)[nH]cnc65)O[C@@H]4COP(O)(=S)O[C@@H]2[C@H]3F)c(=O)[nH]1. The first-order valence-electron chi connectivity index (χ1n) is 12.8. The smallest absolute Gasteiger partial charge is 0.369 e. The van der Waals surface area contributed by atoms with Gasteiger partial charge in [-0.3, -0.25) is 37.3 Å². The number of aromatic amines is 2. The van der Waals surface area contributed by atoms with Crippen molar-refractivity contribution in [2.45, 2.75) is 49.2 Å². The Morgan fingerprint density at radius 3 is 2.38 bits per heavy atom. The molecule has 3 aliphatic heterocycles. The molecule has 3 saturated heterocycles.